The maximum Gasteiger partial charge on any atom is 0.255 e. The third-order valence-corrected chi connectivity index (χ3v) is 3.59. The Morgan fingerprint density at radius 3 is 2.15 bits per heavy atom. The van der Waals surface area contributed by atoms with Crippen molar-refractivity contribution < 1.29 is 14.4 Å². The minimum atomic E-state index is -0.330. The lowest BCUT2D eigenvalue weighted by Crippen LogP contribution is -2.31. The molecular formula is C20H23N3O3. The number of carbonyl (C=O) groups excluding carboxylic acids is 3. The third kappa shape index (κ3) is 5.17. The lowest BCUT2D eigenvalue weighted by atomic mass is 10.1. The third-order valence-electron chi connectivity index (χ3n) is 3.59. The van der Waals surface area contributed by atoms with E-state index in [4.69, 9.17) is 0 Å². The van der Waals surface area contributed by atoms with Gasteiger partial charge in [0.1, 0.15) is 0 Å². The fraction of sp³-hybridized carbons (Fsp3) is 0.250. The molecule has 26 heavy (non-hydrogen) atoms. The zero-order valence-electron chi connectivity index (χ0n) is 15.1. The summed E-state index contributed by atoms with van der Waals surface area (Å²) in [4.78, 5) is 36.1. The molecule has 2 rings (SSSR count). The van der Waals surface area contributed by atoms with Gasteiger partial charge in [0, 0.05) is 23.7 Å². The first-order valence-corrected chi connectivity index (χ1v) is 8.52. The molecule has 136 valence electrons. The summed E-state index contributed by atoms with van der Waals surface area (Å²) >= 11 is 0. The molecule has 0 bridgehead atoms. The van der Waals surface area contributed by atoms with Crippen molar-refractivity contribution in [1.29, 1.82) is 0 Å². The quantitative estimate of drug-likeness (QED) is 0.743. The van der Waals surface area contributed by atoms with Crippen molar-refractivity contribution in [2.24, 2.45) is 0 Å². The fourth-order valence-corrected chi connectivity index (χ4v) is 2.28. The maximum atomic E-state index is 12.5. The minimum Gasteiger partial charge on any atom is -0.350 e. The Labute approximate surface area is 153 Å². The molecule has 0 aromatic heterocycles. The molecule has 2 aromatic rings. The van der Waals surface area contributed by atoms with Crippen molar-refractivity contribution >= 4 is 29.1 Å². The number of hydrogen-bond acceptors (Lipinski definition) is 3. The van der Waals surface area contributed by atoms with Crippen LogP contribution in [0, 0.1) is 0 Å². The maximum absolute atomic E-state index is 12.5. The van der Waals surface area contributed by atoms with Crippen LogP contribution in [0.2, 0.25) is 0 Å². The molecule has 0 aliphatic carbocycles. The van der Waals surface area contributed by atoms with Crippen molar-refractivity contribution in [3.05, 3.63) is 59.7 Å². The van der Waals surface area contributed by atoms with E-state index in [0.717, 1.165) is 0 Å². The SMILES string of the molecule is CCC(=O)Nc1ccc(C(=O)Nc2ccccc2C(=O)NC(C)C)cc1. The first-order chi connectivity index (χ1) is 12.4. The van der Waals surface area contributed by atoms with E-state index in [1.165, 1.54) is 0 Å². The highest BCUT2D eigenvalue weighted by Crippen LogP contribution is 2.17. The van der Waals surface area contributed by atoms with Gasteiger partial charge in [0.25, 0.3) is 11.8 Å². The van der Waals surface area contributed by atoms with Gasteiger partial charge in [-0.1, -0.05) is 19.1 Å². The van der Waals surface area contributed by atoms with Crippen LogP contribution >= 0.6 is 0 Å². The first kappa shape index (κ1) is 19.2. The number of rotatable bonds is 6. The Hall–Kier alpha value is -3.15. The smallest absolute Gasteiger partial charge is 0.255 e. The standard InChI is InChI=1S/C20H23N3O3/c1-4-18(24)22-15-11-9-14(10-12-15)19(25)23-17-8-6-5-7-16(17)20(26)21-13(2)3/h5-13H,4H2,1-3H3,(H,21,26)(H,22,24)(H,23,25). The van der Waals surface area contributed by atoms with Crippen LogP contribution in [0.15, 0.2) is 48.5 Å². The lowest BCUT2D eigenvalue weighted by Gasteiger charge is -2.13. The Kier molecular flexibility index (Phi) is 6.49. The first-order valence-electron chi connectivity index (χ1n) is 8.52. The highest BCUT2D eigenvalue weighted by molar-refractivity contribution is 6.09. The number of para-hydroxylation sites is 1. The molecule has 6 heteroatoms. The van der Waals surface area contributed by atoms with Crippen LogP contribution in [0.3, 0.4) is 0 Å². The Morgan fingerprint density at radius 2 is 1.54 bits per heavy atom. The zero-order chi connectivity index (χ0) is 19.1. The molecule has 0 spiro atoms. The largest absolute Gasteiger partial charge is 0.350 e. The van der Waals surface area contributed by atoms with Crippen molar-refractivity contribution in [3.63, 3.8) is 0 Å². The fourth-order valence-electron chi connectivity index (χ4n) is 2.28. The molecule has 0 unspecified atom stereocenters. The summed E-state index contributed by atoms with van der Waals surface area (Å²) in [5, 5.41) is 8.30. The van der Waals surface area contributed by atoms with Crippen LogP contribution in [-0.4, -0.2) is 23.8 Å². The van der Waals surface area contributed by atoms with Gasteiger partial charge < -0.3 is 16.0 Å². The van der Waals surface area contributed by atoms with E-state index >= 15 is 0 Å². The second-order valence-corrected chi connectivity index (χ2v) is 6.11. The average Bonchev–Trinajstić information content (AvgIpc) is 2.62. The van der Waals surface area contributed by atoms with Crippen LogP contribution in [0.25, 0.3) is 0 Å². The molecule has 6 nitrogen and oxygen atoms in total. The molecule has 0 aliphatic heterocycles. The van der Waals surface area contributed by atoms with E-state index in [-0.39, 0.29) is 23.8 Å². The molecule has 2 aromatic carbocycles. The van der Waals surface area contributed by atoms with Crippen LogP contribution in [-0.2, 0) is 4.79 Å². The molecule has 0 heterocycles. The van der Waals surface area contributed by atoms with Crippen molar-refractivity contribution in [3.8, 4) is 0 Å². The summed E-state index contributed by atoms with van der Waals surface area (Å²) in [6.07, 6.45) is 0.386. The molecule has 0 saturated carbocycles. The molecular weight excluding hydrogens is 330 g/mol. The molecule has 0 aliphatic rings. The van der Waals surface area contributed by atoms with Gasteiger partial charge in [0.2, 0.25) is 5.91 Å². The van der Waals surface area contributed by atoms with Crippen LogP contribution < -0.4 is 16.0 Å². The normalized spacial score (nSPS) is 10.3. The summed E-state index contributed by atoms with van der Waals surface area (Å²) in [6, 6.07) is 13.4. The molecule has 3 amide bonds. The summed E-state index contributed by atoms with van der Waals surface area (Å²) < 4.78 is 0. The molecule has 0 saturated heterocycles. The summed E-state index contributed by atoms with van der Waals surface area (Å²) in [7, 11) is 0. The topological polar surface area (TPSA) is 87.3 Å². The average molecular weight is 353 g/mol. The Bertz CT molecular complexity index is 798. The van der Waals surface area contributed by atoms with E-state index in [9.17, 15) is 14.4 Å². The zero-order valence-corrected chi connectivity index (χ0v) is 15.1. The number of anilines is 2. The molecule has 0 fully saturated rings. The number of nitrogens with one attached hydrogen (secondary N) is 3. The van der Waals surface area contributed by atoms with E-state index in [2.05, 4.69) is 16.0 Å². The van der Waals surface area contributed by atoms with Gasteiger partial charge in [-0.25, -0.2) is 0 Å². The van der Waals surface area contributed by atoms with Crippen LogP contribution in [0.4, 0.5) is 11.4 Å². The molecule has 3 N–H and O–H groups in total. The Morgan fingerprint density at radius 1 is 0.885 bits per heavy atom. The summed E-state index contributed by atoms with van der Waals surface area (Å²) in [5.41, 5.74) is 1.91. The van der Waals surface area contributed by atoms with Crippen molar-refractivity contribution in [1.82, 2.24) is 5.32 Å². The van der Waals surface area contributed by atoms with Crippen molar-refractivity contribution in [2.45, 2.75) is 33.2 Å². The number of hydrogen-bond donors (Lipinski definition) is 3. The monoisotopic (exact) mass is 353 g/mol. The predicted octanol–water partition coefficient (Wildman–Crippen LogP) is 3.43. The molecule has 0 radical (unpaired) electrons. The van der Waals surface area contributed by atoms with E-state index in [1.807, 2.05) is 13.8 Å². The molecule has 0 atom stereocenters. The van der Waals surface area contributed by atoms with Crippen LogP contribution in [0.5, 0.6) is 0 Å². The summed E-state index contributed by atoms with van der Waals surface area (Å²) in [5.74, 6) is -0.663. The lowest BCUT2D eigenvalue weighted by molar-refractivity contribution is -0.115. The minimum absolute atomic E-state index is 0.00265. The second-order valence-electron chi connectivity index (χ2n) is 6.11. The number of amides is 3. The van der Waals surface area contributed by atoms with Gasteiger partial charge in [-0.3, -0.25) is 14.4 Å². The van der Waals surface area contributed by atoms with E-state index in [1.54, 1.807) is 55.5 Å². The van der Waals surface area contributed by atoms with E-state index in [0.29, 0.717) is 28.9 Å². The second kappa shape index (κ2) is 8.80. The number of benzene rings is 2. The predicted molar refractivity (Wildman–Crippen MR) is 102 cm³/mol. The highest BCUT2D eigenvalue weighted by atomic mass is 16.2. The van der Waals surface area contributed by atoms with Gasteiger partial charge in [-0.15, -0.1) is 0 Å². The summed E-state index contributed by atoms with van der Waals surface area (Å²) in [6.45, 7) is 5.51. The van der Waals surface area contributed by atoms with Gasteiger partial charge in [-0.05, 0) is 50.2 Å². The van der Waals surface area contributed by atoms with Gasteiger partial charge in [0.05, 0.1) is 11.3 Å². The van der Waals surface area contributed by atoms with E-state index < -0.39 is 0 Å². The number of carbonyl (C=O) groups is 3. The van der Waals surface area contributed by atoms with Gasteiger partial charge in [0.15, 0.2) is 0 Å². The van der Waals surface area contributed by atoms with Gasteiger partial charge >= 0.3 is 0 Å². The van der Waals surface area contributed by atoms with Gasteiger partial charge in [-0.2, -0.15) is 0 Å². The van der Waals surface area contributed by atoms with Crippen LogP contribution in [0.1, 0.15) is 47.9 Å². The Balaban J connectivity index is 2.13. The highest BCUT2D eigenvalue weighted by Gasteiger charge is 2.14. The van der Waals surface area contributed by atoms with Crippen molar-refractivity contribution in [2.75, 3.05) is 10.6 Å².